The van der Waals surface area contributed by atoms with E-state index in [0.717, 1.165) is 46.0 Å². The van der Waals surface area contributed by atoms with Crippen LogP contribution < -0.4 is 18.9 Å². The van der Waals surface area contributed by atoms with Crippen molar-refractivity contribution >= 4 is 0 Å². The van der Waals surface area contributed by atoms with Gasteiger partial charge in [-0.05, 0) is 252 Å². The molecule has 0 amide bonds. The van der Waals surface area contributed by atoms with E-state index in [-0.39, 0.29) is 0 Å². The van der Waals surface area contributed by atoms with Crippen molar-refractivity contribution in [2.75, 3.05) is 28.4 Å². The van der Waals surface area contributed by atoms with Crippen molar-refractivity contribution in [3.63, 3.8) is 0 Å². The number of hydrogen-bond donors (Lipinski definition) is 0. The van der Waals surface area contributed by atoms with Gasteiger partial charge in [-0.1, -0.05) is 51.4 Å². The molecule has 2 saturated carbocycles. The molecule has 0 unspecified atom stereocenters. The van der Waals surface area contributed by atoms with Gasteiger partial charge in [-0.3, -0.25) is 0 Å². The Kier molecular flexibility index (Phi) is 13.9. The van der Waals surface area contributed by atoms with E-state index in [1.54, 1.807) is 54.1 Å². The molecule has 0 atom stereocenters. The number of rotatable bonds is 9. The first-order valence-electron chi connectivity index (χ1n) is 22.7. The largest absolute Gasteiger partial charge is 0.497 e. The van der Waals surface area contributed by atoms with Gasteiger partial charge in [-0.25, -0.2) is 0 Å². The summed E-state index contributed by atoms with van der Waals surface area (Å²) in [5.74, 6) is 5.77. The monoisotopic (exact) mass is 829 g/mol. The molecule has 0 radical (unpaired) electrons. The highest BCUT2D eigenvalue weighted by Crippen LogP contribution is 2.44. The second kappa shape index (κ2) is 19.3. The zero-order valence-electron chi connectivity index (χ0n) is 39.5. The van der Waals surface area contributed by atoms with Crippen molar-refractivity contribution < 1.29 is 18.9 Å². The molecule has 0 aliphatic heterocycles. The second-order valence-electron chi connectivity index (χ2n) is 18.2. The van der Waals surface area contributed by atoms with Crippen LogP contribution in [-0.2, 0) is 0 Å². The van der Waals surface area contributed by atoms with Gasteiger partial charge in [-0.15, -0.1) is 0 Å². The number of methoxy groups -OCH3 is 4. The molecular weight excluding hydrogens is 761 g/mol. The van der Waals surface area contributed by atoms with Crippen LogP contribution in [0.15, 0.2) is 84.9 Å². The standard InChI is InChI=1S/C48H50O4.C10H18/c1-27-13-41(49-9)14-28(2)45(27)37-21-35(22-38(25-37)46-29(3)15-42(50-10)16-30(46)4)36-23-39(47-31(5)17-43(51-11)18-32(47)6)26-40(24-36)48-33(7)19-44(52-12)20-34(48)8;1-2-6-10-8-4-3-7-9(10)5-1/h13-26H,1-12H3;9-10H,1-8H2. The molecule has 6 aromatic carbocycles. The molecule has 8 rings (SSSR count). The summed E-state index contributed by atoms with van der Waals surface area (Å²) >= 11 is 0. The lowest BCUT2D eigenvalue weighted by Crippen LogP contribution is -2.22. The average molecular weight is 829 g/mol. The van der Waals surface area contributed by atoms with E-state index in [1.807, 2.05) is 0 Å². The molecule has 4 heteroatoms. The highest BCUT2D eigenvalue weighted by Gasteiger charge is 2.27. The van der Waals surface area contributed by atoms with Crippen molar-refractivity contribution in [3.05, 3.63) is 129 Å². The summed E-state index contributed by atoms with van der Waals surface area (Å²) in [5.41, 5.74) is 21.2. The normalized spacial score (nSPS) is 15.9. The van der Waals surface area contributed by atoms with Gasteiger partial charge in [0.2, 0.25) is 0 Å². The quantitative estimate of drug-likeness (QED) is 0.145. The van der Waals surface area contributed by atoms with Crippen LogP contribution in [0.1, 0.15) is 95.9 Å². The van der Waals surface area contributed by atoms with Crippen LogP contribution in [0.2, 0.25) is 0 Å². The third kappa shape index (κ3) is 9.45. The van der Waals surface area contributed by atoms with Crippen molar-refractivity contribution in [1.82, 2.24) is 0 Å². The topological polar surface area (TPSA) is 36.9 Å². The molecule has 0 N–H and O–H groups in total. The third-order valence-electron chi connectivity index (χ3n) is 13.8. The Morgan fingerprint density at radius 3 is 0.629 bits per heavy atom. The lowest BCUT2D eigenvalue weighted by molar-refractivity contribution is 0.171. The van der Waals surface area contributed by atoms with E-state index in [4.69, 9.17) is 18.9 Å². The first-order valence-corrected chi connectivity index (χ1v) is 22.7. The van der Waals surface area contributed by atoms with Gasteiger partial charge in [0.1, 0.15) is 23.0 Å². The molecule has 2 aliphatic rings. The van der Waals surface area contributed by atoms with E-state index < -0.39 is 0 Å². The SMILES string of the molecule is C1CCC2CCCCC2C1.COc1cc(C)c(-c2cc(-c3cc(-c4c(C)cc(OC)cc4C)cc(-c4c(C)cc(OC)cc4C)c3)cc(-c3c(C)cc(OC)cc3C)c2)c(C)c1. The van der Waals surface area contributed by atoms with Crippen LogP contribution in [-0.4, -0.2) is 28.4 Å². The Bertz CT molecular complexity index is 2140. The number of fused-ring (bicyclic) bond motifs is 1. The molecule has 4 nitrogen and oxygen atoms in total. The van der Waals surface area contributed by atoms with Crippen LogP contribution in [0.4, 0.5) is 0 Å². The predicted octanol–water partition coefficient (Wildman–Crippen LogP) is 15.9. The molecule has 0 heterocycles. The van der Waals surface area contributed by atoms with E-state index >= 15 is 0 Å². The average Bonchev–Trinajstić information content (AvgIpc) is 3.25. The summed E-state index contributed by atoms with van der Waals surface area (Å²) in [6, 6.07) is 31.1. The van der Waals surface area contributed by atoms with E-state index in [2.05, 4.69) is 140 Å². The Morgan fingerprint density at radius 1 is 0.274 bits per heavy atom. The van der Waals surface area contributed by atoms with Gasteiger partial charge in [0, 0.05) is 0 Å². The summed E-state index contributed by atoms with van der Waals surface area (Å²) in [4.78, 5) is 0. The molecule has 2 fully saturated rings. The molecule has 6 aromatic rings. The molecule has 0 bridgehead atoms. The smallest absolute Gasteiger partial charge is 0.119 e. The lowest BCUT2D eigenvalue weighted by Gasteiger charge is -2.35. The van der Waals surface area contributed by atoms with Crippen molar-refractivity contribution in [2.45, 2.75) is 107 Å². The van der Waals surface area contributed by atoms with Crippen LogP contribution in [0.25, 0.3) is 55.6 Å². The fourth-order valence-electron chi connectivity index (χ4n) is 11.0. The maximum atomic E-state index is 5.66. The van der Waals surface area contributed by atoms with Crippen LogP contribution in [0, 0.1) is 67.2 Å². The molecular formula is C58H68O4. The summed E-state index contributed by atoms with van der Waals surface area (Å²) < 4.78 is 22.6. The maximum Gasteiger partial charge on any atom is 0.119 e. The number of benzene rings is 6. The number of hydrogen-bond acceptors (Lipinski definition) is 4. The van der Waals surface area contributed by atoms with Gasteiger partial charge >= 0.3 is 0 Å². The Balaban J connectivity index is 0.000000502. The van der Waals surface area contributed by atoms with Gasteiger partial charge < -0.3 is 18.9 Å². The maximum absolute atomic E-state index is 5.66. The molecule has 62 heavy (non-hydrogen) atoms. The fraction of sp³-hybridized carbons (Fsp3) is 0.379. The minimum Gasteiger partial charge on any atom is -0.497 e. The first kappa shape index (κ1) is 44.6. The van der Waals surface area contributed by atoms with Crippen molar-refractivity contribution in [2.24, 2.45) is 11.8 Å². The zero-order valence-corrected chi connectivity index (χ0v) is 39.5. The third-order valence-corrected chi connectivity index (χ3v) is 13.8. The molecule has 0 saturated heterocycles. The Labute approximate surface area is 372 Å². The van der Waals surface area contributed by atoms with Crippen molar-refractivity contribution in [1.29, 1.82) is 0 Å². The van der Waals surface area contributed by atoms with Crippen molar-refractivity contribution in [3.8, 4) is 78.6 Å². The molecule has 324 valence electrons. The molecule has 0 spiro atoms. The van der Waals surface area contributed by atoms with Gasteiger partial charge in [-0.2, -0.15) is 0 Å². The second-order valence-corrected chi connectivity index (χ2v) is 18.2. The van der Waals surface area contributed by atoms with E-state index in [1.165, 1.54) is 115 Å². The zero-order chi connectivity index (χ0) is 44.2. The Hall–Kier alpha value is -5.48. The van der Waals surface area contributed by atoms with Crippen LogP contribution in [0.3, 0.4) is 0 Å². The lowest BCUT2D eigenvalue weighted by atomic mass is 9.71. The van der Waals surface area contributed by atoms with E-state index in [0.29, 0.717) is 0 Å². The number of ether oxygens (including phenoxy) is 4. The molecule has 2 aliphatic carbocycles. The summed E-state index contributed by atoms with van der Waals surface area (Å²) in [7, 11) is 6.91. The van der Waals surface area contributed by atoms with E-state index in [9.17, 15) is 0 Å². The highest BCUT2D eigenvalue weighted by molar-refractivity contribution is 5.90. The number of aryl methyl sites for hydroxylation is 8. The van der Waals surface area contributed by atoms with Gasteiger partial charge in [0.25, 0.3) is 0 Å². The Morgan fingerprint density at radius 2 is 0.452 bits per heavy atom. The van der Waals surface area contributed by atoms with Crippen LogP contribution >= 0.6 is 0 Å². The molecule has 0 aromatic heterocycles. The predicted molar refractivity (Wildman–Crippen MR) is 262 cm³/mol. The summed E-state index contributed by atoms with van der Waals surface area (Å²) in [6.07, 6.45) is 12.4. The summed E-state index contributed by atoms with van der Waals surface area (Å²) in [6.45, 7) is 17.4. The van der Waals surface area contributed by atoms with Gasteiger partial charge in [0.15, 0.2) is 0 Å². The highest BCUT2D eigenvalue weighted by atomic mass is 16.5. The minimum absolute atomic E-state index is 0.866. The van der Waals surface area contributed by atoms with Gasteiger partial charge in [0.05, 0.1) is 28.4 Å². The fourth-order valence-corrected chi connectivity index (χ4v) is 11.0. The summed E-state index contributed by atoms with van der Waals surface area (Å²) in [5, 5.41) is 0. The van der Waals surface area contributed by atoms with Crippen LogP contribution in [0.5, 0.6) is 23.0 Å². The first-order chi connectivity index (χ1) is 29.8. The minimum atomic E-state index is 0.866.